The van der Waals surface area contributed by atoms with Crippen molar-refractivity contribution < 1.29 is 8.85 Å². The first kappa shape index (κ1) is 25.7. The first-order valence-corrected chi connectivity index (χ1v) is 16.7. The number of hydrogen-bond acceptors (Lipinski definition) is 3. The fourth-order valence-corrected chi connectivity index (χ4v) is 17.3. The fourth-order valence-electron chi connectivity index (χ4n) is 4.00. The van der Waals surface area contributed by atoms with Crippen LogP contribution in [0.25, 0.3) is 0 Å². The van der Waals surface area contributed by atoms with Gasteiger partial charge in [0.05, 0.1) is 0 Å². The predicted molar refractivity (Wildman–Crippen MR) is 122 cm³/mol. The quantitative estimate of drug-likeness (QED) is 0.253. The zero-order valence-corrected chi connectivity index (χ0v) is 21.3. The smallest absolute Gasteiger partial charge is 0.204 e. The summed E-state index contributed by atoms with van der Waals surface area (Å²) in [5, 5.41) is 0. The Kier molecular flexibility index (Phi) is 14.2. The highest BCUT2D eigenvalue weighted by Crippen LogP contribution is 2.41. The average molecular weight is 407 g/mol. The Balaban J connectivity index is 5.48. The van der Waals surface area contributed by atoms with E-state index in [1.807, 2.05) is 0 Å². The van der Waals surface area contributed by atoms with Gasteiger partial charge < -0.3 is 8.85 Å². The van der Waals surface area contributed by atoms with Crippen molar-refractivity contribution in [3.8, 4) is 0 Å². The topological polar surface area (TPSA) is 18.5 Å². The average Bonchev–Trinajstić information content (AvgIpc) is 2.67. The normalized spacial score (nSPS) is 15.4. The highest BCUT2D eigenvalue weighted by atomic mass is 32.2. The summed E-state index contributed by atoms with van der Waals surface area (Å²) in [5.41, 5.74) is 0. The molecule has 0 aliphatic rings. The van der Waals surface area contributed by atoms with Gasteiger partial charge in [0, 0.05) is 23.0 Å². The molecule has 0 amide bonds. The molecule has 2 nitrogen and oxygen atoms in total. The van der Waals surface area contributed by atoms with Crippen molar-refractivity contribution in [3.63, 3.8) is 0 Å². The van der Waals surface area contributed by atoms with E-state index in [4.69, 9.17) is 8.85 Å². The minimum Gasteiger partial charge on any atom is -0.416 e. The van der Waals surface area contributed by atoms with Gasteiger partial charge in [-0.05, 0) is 49.9 Å². The van der Waals surface area contributed by atoms with Crippen LogP contribution < -0.4 is 0 Å². The molecule has 0 bridgehead atoms. The van der Waals surface area contributed by atoms with Crippen LogP contribution in [0.3, 0.4) is 0 Å². The van der Waals surface area contributed by atoms with E-state index in [9.17, 15) is 0 Å². The molecule has 0 saturated carbocycles. The van der Waals surface area contributed by atoms with E-state index >= 15 is 0 Å². The Morgan fingerprint density at radius 1 is 0.600 bits per heavy atom. The molecule has 25 heavy (non-hydrogen) atoms. The summed E-state index contributed by atoms with van der Waals surface area (Å²) in [6.45, 7) is 20.6. The SMILES string of the molecule is CCCO[Si](CC)(CC)C(CC)SC(CC)[Si](CC)(CC)OCCC. The van der Waals surface area contributed by atoms with Gasteiger partial charge in [0.15, 0.2) is 0 Å². The summed E-state index contributed by atoms with van der Waals surface area (Å²) in [5.74, 6) is 0. The molecule has 2 unspecified atom stereocenters. The van der Waals surface area contributed by atoms with Crippen molar-refractivity contribution in [1.29, 1.82) is 0 Å². The van der Waals surface area contributed by atoms with Gasteiger partial charge in [-0.25, -0.2) is 0 Å². The Morgan fingerprint density at radius 2 is 0.920 bits per heavy atom. The zero-order chi connectivity index (χ0) is 19.3. The van der Waals surface area contributed by atoms with E-state index in [-0.39, 0.29) is 0 Å². The summed E-state index contributed by atoms with van der Waals surface area (Å²) in [6, 6.07) is 4.98. The first-order chi connectivity index (χ1) is 12.0. The van der Waals surface area contributed by atoms with E-state index in [1.54, 1.807) is 0 Å². The molecular formula is C20H46O2SSi2. The Labute approximate surface area is 165 Å². The van der Waals surface area contributed by atoms with Crippen LogP contribution in [-0.4, -0.2) is 39.6 Å². The Hall–Kier alpha value is 0.704. The van der Waals surface area contributed by atoms with Crippen LogP contribution in [0.2, 0.25) is 24.2 Å². The van der Waals surface area contributed by atoms with Crippen molar-refractivity contribution in [2.24, 2.45) is 0 Å². The number of rotatable bonds is 16. The van der Waals surface area contributed by atoms with Crippen LogP contribution in [-0.2, 0) is 8.85 Å². The lowest BCUT2D eigenvalue weighted by Gasteiger charge is -2.42. The van der Waals surface area contributed by atoms with Gasteiger partial charge in [0.2, 0.25) is 16.6 Å². The number of thioether (sulfide) groups is 1. The van der Waals surface area contributed by atoms with E-state index in [0.717, 1.165) is 26.1 Å². The van der Waals surface area contributed by atoms with Crippen molar-refractivity contribution in [1.82, 2.24) is 0 Å². The summed E-state index contributed by atoms with van der Waals surface area (Å²) < 4.78 is 13.3. The standard InChI is InChI=1S/C20H46O2SSi2/c1-9-17-21-24(13-5,14-6)19(11-3)23-20(12-4)25(15-7,16-8)22-18-10-2/h19-20H,9-18H2,1-8H3. The van der Waals surface area contributed by atoms with Gasteiger partial charge in [-0.15, -0.1) is 0 Å². The second-order valence-electron chi connectivity index (χ2n) is 7.17. The molecule has 0 fully saturated rings. The van der Waals surface area contributed by atoms with E-state index < -0.39 is 16.6 Å². The van der Waals surface area contributed by atoms with E-state index in [2.05, 4.69) is 67.2 Å². The van der Waals surface area contributed by atoms with Gasteiger partial charge >= 0.3 is 0 Å². The van der Waals surface area contributed by atoms with Crippen molar-refractivity contribution >= 4 is 28.4 Å². The minimum absolute atomic E-state index is 0.703. The molecule has 0 heterocycles. The van der Waals surface area contributed by atoms with Crippen LogP contribution in [0, 0.1) is 0 Å². The first-order valence-electron chi connectivity index (χ1n) is 10.9. The largest absolute Gasteiger partial charge is 0.416 e. The van der Waals surface area contributed by atoms with E-state index in [0.29, 0.717) is 9.75 Å². The molecule has 0 spiro atoms. The summed E-state index contributed by atoms with van der Waals surface area (Å²) in [7, 11) is -3.36. The Morgan fingerprint density at radius 3 is 1.12 bits per heavy atom. The third kappa shape index (κ3) is 6.98. The summed E-state index contributed by atoms with van der Waals surface area (Å²) in [4.78, 5) is 1.41. The van der Waals surface area contributed by atoms with Gasteiger partial charge in [0.25, 0.3) is 0 Å². The monoisotopic (exact) mass is 406 g/mol. The maximum absolute atomic E-state index is 6.63. The second kappa shape index (κ2) is 13.8. The van der Waals surface area contributed by atoms with E-state index in [1.165, 1.54) is 37.0 Å². The number of hydrogen-bond donors (Lipinski definition) is 0. The molecule has 0 aromatic carbocycles. The molecule has 2 atom stereocenters. The predicted octanol–water partition coefficient (Wildman–Crippen LogP) is 7.18. The third-order valence-corrected chi connectivity index (χ3v) is 20.1. The molecule has 0 aliphatic carbocycles. The molecular weight excluding hydrogens is 360 g/mol. The molecule has 0 aromatic heterocycles. The molecule has 0 rings (SSSR count). The maximum Gasteiger partial charge on any atom is 0.204 e. The zero-order valence-electron chi connectivity index (χ0n) is 18.5. The third-order valence-electron chi connectivity index (χ3n) is 5.82. The molecule has 0 N–H and O–H groups in total. The highest BCUT2D eigenvalue weighted by Gasteiger charge is 2.46. The molecule has 5 heteroatoms. The highest BCUT2D eigenvalue weighted by molar-refractivity contribution is 8.03. The lowest BCUT2D eigenvalue weighted by atomic mass is 10.5. The fraction of sp³-hybridized carbons (Fsp3) is 1.00. The van der Waals surface area contributed by atoms with Crippen LogP contribution in [0.5, 0.6) is 0 Å². The van der Waals surface area contributed by atoms with Gasteiger partial charge in [-0.1, -0.05) is 55.4 Å². The molecule has 0 saturated heterocycles. The van der Waals surface area contributed by atoms with Gasteiger partial charge in [-0.2, -0.15) is 11.8 Å². The van der Waals surface area contributed by atoms with Crippen LogP contribution in [0.15, 0.2) is 0 Å². The summed E-state index contributed by atoms with van der Waals surface area (Å²) >= 11 is 2.28. The van der Waals surface area contributed by atoms with Crippen LogP contribution in [0.4, 0.5) is 0 Å². The van der Waals surface area contributed by atoms with Gasteiger partial charge in [0.1, 0.15) is 0 Å². The molecule has 0 radical (unpaired) electrons. The van der Waals surface area contributed by atoms with Crippen molar-refractivity contribution in [2.75, 3.05) is 13.2 Å². The van der Waals surface area contributed by atoms with Crippen LogP contribution >= 0.6 is 11.8 Å². The van der Waals surface area contributed by atoms with Crippen LogP contribution in [0.1, 0.15) is 81.1 Å². The minimum atomic E-state index is -1.68. The van der Waals surface area contributed by atoms with Gasteiger partial charge in [-0.3, -0.25) is 0 Å². The second-order valence-corrected chi connectivity index (χ2v) is 18.5. The molecule has 0 aliphatic heterocycles. The molecule has 0 aromatic rings. The summed E-state index contributed by atoms with van der Waals surface area (Å²) in [6.07, 6.45) is 4.75. The van der Waals surface area contributed by atoms with Crippen molar-refractivity contribution in [2.45, 2.75) is 115 Å². The molecule has 152 valence electrons. The van der Waals surface area contributed by atoms with Crippen molar-refractivity contribution in [3.05, 3.63) is 0 Å². The lowest BCUT2D eigenvalue weighted by Crippen LogP contribution is -2.53. The Bertz CT molecular complexity index is 291. The maximum atomic E-state index is 6.63. The lowest BCUT2D eigenvalue weighted by molar-refractivity contribution is 0.294.